The molecule has 0 saturated carbocycles. The van der Waals surface area contributed by atoms with Crippen molar-refractivity contribution >= 4 is 11.8 Å². The van der Waals surface area contributed by atoms with Gasteiger partial charge in [-0.15, -0.1) is 0 Å². The Labute approximate surface area is 95.0 Å². The fourth-order valence-electron chi connectivity index (χ4n) is 1.85. The van der Waals surface area contributed by atoms with Crippen LogP contribution in [0.15, 0.2) is 24.3 Å². The molecular formula is C12H16N2O2. The minimum Gasteiger partial charge on any atom is -0.448 e. The smallest absolute Gasteiger partial charge is 0.409 e. The van der Waals surface area contributed by atoms with Gasteiger partial charge in [0.05, 0.1) is 6.54 Å². The number of carbonyl (C=O) groups excluding carboxylic acids is 1. The van der Waals surface area contributed by atoms with E-state index in [4.69, 9.17) is 10.5 Å². The number of nitrogens with two attached hydrogens (primary N) is 1. The lowest BCUT2D eigenvalue weighted by Crippen LogP contribution is -2.25. The average molecular weight is 220 g/mol. The molecule has 16 heavy (non-hydrogen) atoms. The lowest BCUT2D eigenvalue weighted by molar-refractivity contribution is 0.158. The number of hydrogen-bond donors (Lipinski definition) is 1. The molecule has 86 valence electrons. The summed E-state index contributed by atoms with van der Waals surface area (Å²) in [6.45, 7) is 2.00. The summed E-state index contributed by atoms with van der Waals surface area (Å²) in [4.78, 5) is 12.9. The summed E-state index contributed by atoms with van der Waals surface area (Å²) in [6.07, 6.45) is 1.69. The van der Waals surface area contributed by atoms with Crippen LogP contribution in [0, 0.1) is 0 Å². The Balaban J connectivity index is 1.77. The van der Waals surface area contributed by atoms with Gasteiger partial charge in [-0.1, -0.05) is 12.1 Å². The molecule has 1 aromatic carbocycles. The van der Waals surface area contributed by atoms with E-state index >= 15 is 0 Å². The number of anilines is 1. The third-order valence-electron chi connectivity index (χ3n) is 2.69. The number of nitrogen functional groups attached to an aromatic ring is 1. The van der Waals surface area contributed by atoms with Gasteiger partial charge in [0.25, 0.3) is 0 Å². The average Bonchev–Trinajstić information content (AvgIpc) is 2.65. The Morgan fingerprint density at radius 2 is 2.31 bits per heavy atom. The van der Waals surface area contributed by atoms with Gasteiger partial charge in [-0.3, -0.25) is 0 Å². The minimum absolute atomic E-state index is 0.187. The first kappa shape index (κ1) is 10.8. The van der Waals surface area contributed by atoms with Gasteiger partial charge in [-0.2, -0.15) is 0 Å². The molecule has 0 atom stereocenters. The van der Waals surface area contributed by atoms with Crippen LogP contribution >= 0.6 is 0 Å². The SMILES string of the molecule is Nc1cccc(CCCN2CCOC2=O)c1. The summed E-state index contributed by atoms with van der Waals surface area (Å²) in [5.41, 5.74) is 7.70. The van der Waals surface area contributed by atoms with Gasteiger partial charge in [-0.25, -0.2) is 4.79 Å². The number of carbonyl (C=O) groups is 1. The third kappa shape index (κ3) is 2.66. The maximum absolute atomic E-state index is 11.2. The minimum atomic E-state index is -0.187. The van der Waals surface area contributed by atoms with E-state index in [0.717, 1.165) is 31.6 Å². The van der Waals surface area contributed by atoms with Gasteiger partial charge >= 0.3 is 6.09 Å². The summed E-state index contributed by atoms with van der Waals surface area (Å²) in [5.74, 6) is 0. The largest absolute Gasteiger partial charge is 0.448 e. The molecule has 2 N–H and O–H groups in total. The quantitative estimate of drug-likeness (QED) is 0.785. The van der Waals surface area contributed by atoms with Gasteiger partial charge < -0.3 is 15.4 Å². The molecule has 1 saturated heterocycles. The van der Waals surface area contributed by atoms with Gasteiger partial charge in [0.1, 0.15) is 6.61 Å². The topological polar surface area (TPSA) is 55.6 Å². The highest BCUT2D eigenvalue weighted by Gasteiger charge is 2.20. The molecule has 1 fully saturated rings. The molecule has 0 spiro atoms. The predicted octanol–water partition coefficient (Wildman–Crippen LogP) is 1.65. The van der Waals surface area contributed by atoms with Gasteiger partial charge in [0.15, 0.2) is 0 Å². The maximum Gasteiger partial charge on any atom is 0.409 e. The Hall–Kier alpha value is -1.71. The van der Waals surface area contributed by atoms with Crippen molar-refractivity contribution in [2.24, 2.45) is 0 Å². The van der Waals surface area contributed by atoms with E-state index < -0.39 is 0 Å². The van der Waals surface area contributed by atoms with Crippen molar-refractivity contribution in [2.45, 2.75) is 12.8 Å². The van der Waals surface area contributed by atoms with Crippen molar-refractivity contribution in [3.63, 3.8) is 0 Å². The lowest BCUT2D eigenvalue weighted by Gasteiger charge is -2.11. The number of hydrogen-bond acceptors (Lipinski definition) is 3. The summed E-state index contributed by atoms with van der Waals surface area (Å²) >= 11 is 0. The van der Waals surface area contributed by atoms with E-state index in [1.54, 1.807) is 4.90 Å². The standard InChI is InChI=1S/C12H16N2O2/c13-11-5-1-3-10(9-11)4-2-6-14-7-8-16-12(14)15/h1,3,5,9H,2,4,6-8,13H2. The number of rotatable bonds is 4. The number of aryl methyl sites for hydroxylation is 1. The van der Waals surface area contributed by atoms with Crippen LogP contribution in [-0.4, -0.2) is 30.7 Å². The summed E-state index contributed by atoms with van der Waals surface area (Å²) in [7, 11) is 0. The van der Waals surface area contributed by atoms with Crippen LogP contribution in [0.5, 0.6) is 0 Å². The molecule has 2 rings (SSSR count). The maximum atomic E-state index is 11.2. The third-order valence-corrected chi connectivity index (χ3v) is 2.69. The van der Waals surface area contributed by atoms with Crippen LogP contribution in [0.3, 0.4) is 0 Å². The fourth-order valence-corrected chi connectivity index (χ4v) is 1.85. The number of benzene rings is 1. The molecule has 0 aromatic heterocycles. The highest BCUT2D eigenvalue weighted by atomic mass is 16.6. The summed E-state index contributed by atoms with van der Waals surface area (Å²) in [5, 5.41) is 0. The van der Waals surface area contributed by atoms with E-state index in [-0.39, 0.29) is 6.09 Å². The normalized spacial score (nSPS) is 15.2. The predicted molar refractivity (Wildman–Crippen MR) is 62.1 cm³/mol. The Bertz CT molecular complexity index is 379. The van der Waals surface area contributed by atoms with E-state index in [2.05, 4.69) is 6.07 Å². The Morgan fingerprint density at radius 3 is 3.00 bits per heavy atom. The van der Waals surface area contributed by atoms with Crippen LogP contribution < -0.4 is 5.73 Å². The van der Waals surface area contributed by atoms with E-state index in [0.29, 0.717) is 6.61 Å². The zero-order valence-corrected chi connectivity index (χ0v) is 9.19. The zero-order chi connectivity index (χ0) is 11.4. The van der Waals surface area contributed by atoms with Crippen molar-refractivity contribution < 1.29 is 9.53 Å². The van der Waals surface area contributed by atoms with Crippen molar-refractivity contribution in [3.8, 4) is 0 Å². The van der Waals surface area contributed by atoms with Gasteiger partial charge in [0.2, 0.25) is 0 Å². The Kier molecular flexibility index (Phi) is 3.29. The van der Waals surface area contributed by atoms with E-state index in [1.165, 1.54) is 5.56 Å². The molecule has 0 bridgehead atoms. The molecule has 0 unspecified atom stereocenters. The van der Waals surface area contributed by atoms with Crippen molar-refractivity contribution in [3.05, 3.63) is 29.8 Å². The summed E-state index contributed by atoms with van der Waals surface area (Å²) < 4.78 is 4.85. The van der Waals surface area contributed by atoms with Crippen molar-refractivity contribution in [1.29, 1.82) is 0 Å². The second-order valence-electron chi connectivity index (χ2n) is 3.95. The molecule has 0 aliphatic carbocycles. The fraction of sp³-hybridized carbons (Fsp3) is 0.417. The van der Waals surface area contributed by atoms with Crippen LogP contribution in [0.2, 0.25) is 0 Å². The second-order valence-corrected chi connectivity index (χ2v) is 3.95. The van der Waals surface area contributed by atoms with Crippen LogP contribution in [-0.2, 0) is 11.2 Å². The van der Waals surface area contributed by atoms with Crippen LogP contribution in [0.25, 0.3) is 0 Å². The lowest BCUT2D eigenvalue weighted by atomic mass is 10.1. The summed E-state index contributed by atoms with van der Waals surface area (Å²) in [6, 6.07) is 7.86. The molecule has 4 nitrogen and oxygen atoms in total. The first-order valence-electron chi connectivity index (χ1n) is 5.52. The Morgan fingerprint density at radius 1 is 1.44 bits per heavy atom. The van der Waals surface area contributed by atoms with E-state index in [9.17, 15) is 4.79 Å². The zero-order valence-electron chi connectivity index (χ0n) is 9.19. The van der Waals surface area contributed by atoms with E-state index in [1.807, 2.05) is 18.2 Å². The van der Waals surface area contributed by atoms with Crippen molar-refractivity contribution in [1.82, 2.24) is 4.90 Å². The number of ether oxygens (including phenoxy) is 1. The van der Waals surface area contributed by atoms with Crippen LogP contribution in [0.1, 0.15) is 12.0 Å². The molecule has 4 heteroatoms. The monoisotopic (exact) mass is 220 g/mol. The second kappa shape index (κ2) is 4.88. The van der Waals surface area contributed by atoms with Crippen molar-refractivity contribution in [2.75, 3.05) is 25.4 Å². The first-order valence-corrected chi connectivity index (χ1v) is 5.52. The first-order chi connectivity index (χ1) is 7.75. The highest BCUT2D eigenvalue weighted by molar-refractivity contribution is 5.69. The van der Waals surface area contributed by atoms with Gasteiger partial charge in [-0.05, 0) is 30.5 Å². The molecular weight excluding hydrogens is 204 g/mol. The molecule has 1 aliphatic heterocycles. The molecule has 1 amide bonds. The number of amides is 1. The van der Waals surface area contributed by atoms with Crippen LogP contribution in [0.4, 0.5) is 10.5 Å². The molecule has 1 aromatic rings. The van der Waals surface area contributed by atoms with Gasteiger partial charge in [0, 0.05) is 12.2 Å². The number of cyclic esters (lactones) is 1. The molecule has 1 heterocycles. The molecule has 0 radical (unpaired) electrons. The highest BCUT2D eigenvalue weighted by Crippen LogP contribution is 2.10. The molecule has 1 aliphatic rings. The number of nitrogens with zero attached hydrogens (tertiary/aromatic N) is 1.